The van der Waals surface area contributed by atoms with Crippen LogP contribution in [0, 0.1) is 0 Å². The number of carbonyl (C=O) groups is 2. The van der Waals surface area contributed by atoms with E-state index in [2.05, 4.69) is 103 Å². The Kier molecular flexibility index (Phi) is 38.8. The Morgan fingerprint density at radius 2 is 1.00 bits per heavy atom. The molecule has 0 spiro atoms. The van der Waals surface area contributed by atoms with E-state index >= 15 is 0 Å². The Bertz CT molecular complexity index is 1260. The van der Waals surface area contributed by atoms with Gasteiger partial charge in [0.25, 0.3) is 0 Å². The fourth-order valence-corrected chi connectivity index (χ4v) is 5.78. The molecular formula is C46H75O10P. The van der Waals surface area contributed by atoms with Crippen LogP contribution >= 0.6 is 7.82 Å². The number of phosphoric acid groups is 1. The zero-order valence-corrected chi connectivity index (χ0v) is 35.9. The summed E-state index contributed by atoms with van der Waals surface area (Å²) in [6, 6.07) is 0. The van der Waals surface area contributed by atoms with E-state index in [0.29, 0.717) is 12.8 Å². The van der Waals surface area contributed by atoms with Crippen molar-refractivity contribution in [2.24, 2.45) is 0 Å². The molecule has 11 heteroatoms. The predicted octanol–water partition coefficient (Wildman–Crippen LogP) is 11.2. The van der Waals surface area contributed by atoms with Gasteiger partial charge in [-0.25, -0.2) is 4.57 Å². The normalized spacial score (nSPS) is 14.8. The highest BCUT2D eigenvalue weighted by Crippen LogP contribution is 2.43. The fraction of sp³-hybridized carbons (Fsp3) is 0.609. The van der Waals surface area contributed by atoms with Gasteiger partial charge in [-0.3, -0.25) is 18.6 Å². The molecule has 0 aliphatic carbocycles. The lowest BCUT2D eigenvalue weighted by Gasteiger charge is -2.20. The van der Waals surface area contributed by atoms with Crippen molar-refractivity contribution in [1.82, 2.24) is 0 Å². The molecule has 57 heavy (non-hydrogen) atoms. The second-order valence-electron chi connectivity index (χ2n) is 13.6. The molecule has 0 aliphatic rings. The van der Waals surface area contributed by atoms with Crippen LogP contribution in [-0.4, -0.2) is 65.7 Å². The second kappa shape index (κ2) is 41.1. The van der Waals surface area contributed by atoms with E-state index in [1.807, 2.05) is 12.2 Å². The van der Waals surface area contributed by atoms with Crippen LogP contribution in [0.3, 0.4) is 0 Å². The van der Waals surface area contributed by atoms with Crippen LogP contribution in [0.1, 0.15) is 142 Å². The molecule has 0 heterocycles. The van der Waals surface area contributed by atoms with Crippen molar-refractivity contribution < 1.29 is 47.8 Å². The summed E-state index contributed by atoms with van der Waals surface area (Å²) < 4.78 is 32.6. The molecule has 0 aromatic heterocycles. The summed E-state index contributed by atoms with van der Waals surface area (Å²) in [6.07, 6.45) is 49.6. The molecule has 3 atom stereocenters. The number of ether oxygens (including phenoxy) is 2. The van der Waals surface area contributed by atoms with Gasteiger partial charge in [0.15, 0.2) is 6.10 Å². The number of rotatable bonds is 38. The highest BCUT2D eigenvalue weighted by Gasteiger charge is 2.27. The van der Waals surface area contributed by atoms with E-state index < -0.39 is 51.8 Å². The average Bonchev–Trinajstić information content (AvgIpc) is 3.20. The Hall–Kier alpha value is -3.11. The highest BCUT2D eigenvalue weighted by molar-refractivity contribution is 7.47. The summed E-state index contributed by atoms with van der Waals surface area (Å²) in [5.74, 6) is -1.05. The lowest BCUT2D eigenvalue weighted by molar-refractivity contribution is -0.161. The van der Waals surface area contributed by atoms with Gasteiger partial charge in [0, 0.05) is 12.8 Å². The second-order valence-corrected chi connectivity index (χ2v) is 15.1. The van der Waals surface area contributed by atoms with Gasteiger partial charge in [-0.2, -0.15) is 0 Å². The van der Waals surface area contributed by atoms with E-state index in [1.54, 1.807) is 0 Å². The molecule has 0 saturated carbocycles. The summed E-state index contributed by atoms with van der Waals surface area (Å²) in [6.45, 7) is 2.11. The van der Waals surface area contributed by atoms with Crippen LogP contribution in [0.2, 0.25) is 0 Å². The highest BCUT2D eigenvalue weighted by atomic mass is 31.2. The summed E-state index contributed by atoms with van der Waals surface area (Å²) in [4.78, 5) is 34.9. The van der Waals surface area contributed by atoms with Crippen molar-refractivity contribution in [2.45, 2.75) is 154 Å². The largest absolute Gasteiger partial charge is 0.472 e. The van der Waals surface area contributed by atoms with Crippen LogP contribution in [-0.2, 0) is 32.7 Å². The number of aliphatic hydroxyl groups is 2. The number of aliphatic hydroxyl groups excluding tert-OH is 2. The molecule has 1 unspecified atom stereocenters. The van der Waals surface area contributed by atoms with E-state index in [4.69, 9.17) is 19.1 Å². The zero-order valence-electron chi connectivity index (χ0n) is 35.0. The minimum Gasteiger partial charge on any atom is -0.462 e. The summed E-state index contributed by atoms with van der Waals surface area (Å²) >= 11 is 0. The predicted molar refractivity (Wildman–Crippen MR) is 232 cm³/mol. The molecule has 0 amide bonds. The van der Waals surface area contributed by atoms with Crippen LogP contribution in [0.25, 0.3) is 0 Å². The lowest BCUT2D eigenvalue weighted by atomic mass is 10.1. The maximum Gasteiger partial charge on any atom is 0.472 e. The quantitative estimate of drug-likeness (QED) is 0.0238. The SMILES string of the molecule is CCC=CCC=CCC=CCCCCCCCC(=O)OC[C@H](COP(=O)(O)OC[C@@H](O)CO)OC(=O)CCC=CCC=CCC=CCC=CCC=CCCCCC. The van der Waals surface area contributed by atoms with Crippen LogP contribution in [0.5, 0.6) is 0 Å². The van der Waals surface area contributed by atoms with Gasteiger partial charge in [0.05, 0.1) is 19.8 Å². The van der Waals surface area contributed by atoms with Gasteiger partial charge in [0.1, 0.15) is 12.7 Å². The molecule has 3 N–H and O–H groups in total. The number of phosphoric ester groups is 1. The third-order valence-corrected chi connectivity index (χ3v) is 9.19. The van der Waals surface area contributed by atoms with Gasteiger partial charge in [-0.05, 0) is 83.5 Å². The smallest absolute Gasteiger partial charge is 0.462 e. The van der Waals surface area contributed by atoms with Gasteiger partial charge in [0.2, 0.25) is 0 Å². The average molecular weight is 819 g/mol. The lowest BCUT2D eigenvalue weighted by Crippen LogP contribution is -2.29. The van der Waals surface area contributed by atoms with E-state index in [9.17, 15) is 24.2 Å². The topological polar surface area (TPSA) is 149 Å². The molecule has 0 saturated heterocycles. The van der Waals surface area contributed by atoms with Gasteiger partial charge in [-0.1, -0.05) is 143 Å². The Balaban J connectivity index is 4.49. The number of unbranched alkanes of at least 4 members (excludes halogenated alkanes) is 8. The monoisotopic (exact) mass is 819 g/mol. The maximum atomic E-state index is 12.6. The van der Waals surface area contributed by atoms with Crippen molar-refractivity contribution in [2.75, 3.05) is 26.4 Å². The first kappa shape index (κ1) is 53.9. The first-order valence-corrected chi connectivity index (χ1v) is 22.7. The molecule has 0 rings (SSSR count). The van der Waals surface area contributed by atoms with Crippen molar-refractivity contribution in [3.63, 3.8) is 0 Å². The Labute approximate surface area is 344 Å². The van der Waals surface area contributed by atoms with Crippen LogP contribution in [0.15, 0.2) is 97.2 Å². The number of carbonyl (C=O) groups excluding carboxylic acids is 2. The number of esters is 2. The van der Waals surface area contributed by atoms with Crippen molar-refractivity contribution in [3.8, 4) is 0 Å². The third-order valence-electron chi connectivity index (χ3n) is 8.24. The molecule has 0 aromatic carbocycles. The molecule has 0 radical (unpaired) electrons. The van der Waals surface area contributed by atoms with Crippen molar-refractivity contribution in [3.05, 3.63) is 97.2 Å². The maximum absolute atomic E-state index is 12.6. The summed E-state index contributed by atoms with van der Waals surface area (Å²) in [7, 11) is -4.65. The first-order chi connectivity index (χ1) is 27.7. The van der Waals surface area contributed by atoms with E-state index in [1.165, 1.54) is 25.7 Å². The number of hydrogen-bond donors (Lipinski definition) is 3. The standard InChI is InChI=1S/C46H75O10P/c1-3-5-7-9-11-13-15-17-19-20-21-22-24-26-28-30-32-34-36-38-46(50)56-44(42-55-57(51,52)54-40-43(48)39-47)41-53-45(49)37-35-33-31-29-27-25-23-18-16-14-12-10-8-6-4-2/h6,8,11-14,17-19,21-23,26,28,32,34,43-44,47-48H,3-5,7,9-10,15-16,20,24-25,27,29-31,33,35-42H2,1-2H3,(H,51,52)/t43-,44+/m0/s1. The minimum absolute atomic E-state index is 0.0509. The molecule has 0 bridgehead atoms. The minimum atomic E-state index is -4.65. The molecule has 0 fully saturated rings. The van der Waals surface area contributed by atoms with Crippen molar-refractivity contribution >= 4 is 19.8 Å². The zero-order chi connectivity index (χ0) is 41.9. The Morgan fingerprint density at radius 3 is 1.53 bits per heavy atom. The molecule has 10 nitrogen and oxygen atoms in total. The molecular weight excluding hydrogens is 743 g/mol. The van der Waals surface area contributed by atoms with E-state index in [-0.39, 0.29) is 19.4 Å². The van der Waals surface area contributed by atoms with Crippen LogP contribution < -0.4 is 0 Å². The van der Waals surface area contributed by atoms with Gasteiger partial charge >= 0.3 is 19.8 Å². The molecule has 324 valence electrons. The molecule has 0 aliphatic heterocycles. The number of allylic oxidation sites excluding steroid dienone is 16. The third kappa shape index (κ3) is 40.9. The summed E-state index contributed by atoms with van der Waals surface area (Å²) in [5, 5.41) is 18.3. The first-order valence-electron chi connectivity index (χ1n) is 21.2. The summed E-state index contributed by atoms with van der Waals surface area (Å²) in [5.41, 5.74) is 0. The van der Waals surface area contributed by atoms with Crippen molar-refractivity contribution in [1.29, 1.82) is 0 Å². The van der Waals surface area contributed by atoms with Gasteiger partial charge in [-0.15, -0.1) is 0 Å². The van der Waals surface area contributed by atoms with Crippen LogP contribution in [0.4, 0.5) is 0 Å². The fourth-order valence-electron chi connectivity index (χ4n) is 4.99. The molecule has 0 aromatic rings. The number of hydrogen-bond acceptors (Lipinski definition) is 9. The van der Waals surface area contributed by atoms with E-state index in [0.717, 1.165) is 77.0 Å². The Morgan fingerprint density at radius 1 is 0.544 bits per heavy atom. The van der Waals surface area contributed by atoms with Gasteiger partial charge < -0.3 is 24.6 Å².